The molecule has 0 saturated carbocycles. The largest absolute Gasteiger partial charge is 0.489 e. The first-order chi connectivity index (χ1) is 11.5. The Balaban J connectivity index is 0.00000312. The van der Waals surface area contributed by atoms with Gasteiger partial charge in [-0.05, 0) is 32.9 Å². The minimum Gasteiger partial charge on any atom is -0.489 e. The van der Waals surface area contributed by atoms with E-state index in [0.717, 1.165) is 29.0 Å². The highest BCUT2D eigenvalue weighted by atomic mass is 127. The Morgan fingerprint density at radius 3 is 2.56 bits per heavy atom. The molecule has 0 fully saturated rings. The second-order valence-corrected chi connectivity index (χ2v) is 6.95. The van der Waals surface area contributed by atoms with Gasteiger partial charge in [0.25, 0.3) is 0 Å². The minimum atomic E-state index is 0. The van der Waals surface area contributed by atoms with Crippen LogP contribution in [-0.2, 0) is 6.54 Å². The van der Waals surface area contributed by atoms with Crippen molar-refractivity contribution in [2.24, 2.45) is 4.99 Å². The fourth-order valence-electron chi connectivity index (χ4n) is 2.31. The van der Waals surface area contributed by atoms with Crippen LogP contribution in [0.15, 0.2) is 34.6 Å². The van der Waals surface area contributed by atoms with Gasteiger partial charge in [0.05, 0.1) is 23.8 Å². The molecule has 0 aliphatic rings. The lowest BCUT2D eigenvalue weighted by Gasteiger charge is -2.23. The Morgan fingerprint density at radius 1 is 1.32 bits per heavy atom. The van der Waals surface area contributed by atoms with E-state index in [4.69, 9.17) is 4.74 Å². The normalized spacial score (nSPS) is 12.3. The summed E-state index contributed by atoms with van der Waals surface area (Å²) in [5, 5.41) is 6.52. The van der Waals surface area contributed by atoms with Crippen LogP contribution in [0.5, 0.6) is 5.75 Å². The van der Waals surface area contributed by atoms with Gasteiger partial charge in [-0.25, -0.2) is 4.98 Å². The van der Waals surface area contributed by atoms with Crippen molar-refractivity contribution >= 4 is 41.3 Å². The van der Waals surface area contributed by atoms with Crippen LogP contribution in [-0.4, -0.2) is 42.6 Å². The minimum absolute atomic E-state index is 0. The van der Waals surface area contributed by atoms with Gasteiger partial charge in [-0.3, -0.25) is 4.99 Å². The van der Waals surface area contributed by atoms with E-state index in [2.05, 4.69) is 44.6 Å². The predicted octanol–water partition coefficient (Wildman–Crippen LogP) is 3.85. The third-order valence-electron chi connectivity index (χ3n) is 3.54. The molecule has 0 bridgehead atoms. The van der Waals surface area contributed by atoms with Crippen molar-refractivity contribution in [3.05, 3.63) is 45.9 Å². The summed E-state index contributed by atoms with van der Waals surface area (Å²) >= 11 is 1.67. The standard InChI is InChI=1S/C18H26N4OS.HI/c1-13-6-8-17(9-7-13)23-14(2)10-20-18(19-4)22(5)11-16-12-24-15(3)21-16;/h6-9,12,14H,10-11H2,1-5H3,(H,19,20);1H. The van der Waals surface area contributed by atoms with Gasteiger partial charge in [-0.1, -0.05) is 17.7 Å². The number of nitrogens with one attached hydrogen (secondary N) is 1. The van der Waals surface area contributed by atoms with Crippen LogP contribution in [0.3, 0.4) is 0 Å². The third-order valence-corrected chi connectivity index (χ3v) is 4.37. The molecule has 1 N–H and O–H groups in total. The van der Waals surface area contributed by atoms with Crippen LogP contribution < -0.4 is 10.1 Å². The van der Waals surface area contributed by atoms with Crippen molar-refractivity contribution in [2.75, 3.05) is 20.6 Å². The molecule has 2 aromatic rings. The second kappa shape index (κ2) is 10.6. The number of halogens is 1. The lowest BCUT2D eigenvalue weighted by Crippen LogP contribution is -2.42. The van der Waals surface area contributed by atoms with Crippen LogP contribution in [0.2, 0.25) is 0 Å². The molecule has 138 valence electrons. The van der Waals surface area contributed by atoms with E-state index in [9.17, 15) is 0 Å². The number of rotatable bonds is 6. The zero-order valence-electron chi connectivity index (χ0n) is 15.4. The van der Waals surface area contributed by atoms with Gasteiger partial charge >= 0.3 is 0 Å². The number of hydrogen-bond donors (Lipinski definition) is 1. The summed E-state index contributed by atoms with van der Waals surface area (Å²) in [5.74, 6) is 1.72. The first-order valence-corrected chi connectivity index (χ1v) is 8.92. The maximum Gasteiger partial charge on any atom is 0.193 e. The molecule has 2 rings (SSSR count). The molecule has 0 spiro atoms. The SMILES string of the molecule is CN=C(NCC(C)Oc1ccc(C)cc1)N(C)Cc1csc(C)n1.I. The molecule has 0 aliphatic carbocycles. The summed E-state index contributed by atoms with van der Waals surface area (Å²) in [6.45, 7) is 7.55. The number of benzene rings is 1. The lowest BCUT2D eigenvalue weighted by atomic mass is 10.2. The van der Waals surface area contributed by atoms with Crippen LogP contribution in [0.25, 0.3) is 0 Å². The molecule has 0 saturated heterocycles. The van der Waals surface area contributed by atoms with Crippen molar-refractivity contribution < 1.29 is 4.74 Å². The molecule has 0 aliphatic heterocycles. The molecule has 1 aromatic carbocycles. The predicted molar refractivity (Wildman–Crippen MR) is 116 cm³/mol. The van der Waals surface area contributed by atoms with Crippen molar-refractivity contribution in [3.63, 3.8) is 0 Å². The van der Waals surface area contributed by atoms with E-state index in [1.54, 1.807) is 18.4 Å². The van der Waals surface area contributed by atoms with Gasteiger partial charge in [0.2, 0.25) is 0 Å². The first-order valence-electron chi connectivity index (χ1n) is 8.04. The van der Waals surface area contributed by atoms with Crippen molar-refractivity contribution in [1.29, 1.82) is 0 Å². The van der Waals surface area contributed by atoms with Crippen LogP contribution in [0.1, 0.15) is 23.2 Å². The van der Waals surface area contributed by atoms with Gasteiger partial charge in [-0.15, -0.1) is 35.3 Å². The monoisotopic (exact) mass is 474 g/mol. The number of aromatic nitrogens is 1. The molecule has 7 heteroatoms. The highest BCUT2D eigenvalue weighted by molar-refractivity contribution is 14.0. The number of nitrogens with zero attached hydrogens (tertiary/aromatic N) is 3. The quantitative estimate of drug-likeness (QED) is 0.393. The number of aliphatic imine (C=N–C) groups is 1. The topological polar surface area (TPSA) is 49.8 Å². The van der Waals surface area contributed by atoms with Crippen LogP contribution >= 0.6 is 35.3 Å². The number of hydrogen-bond acceptors (Lipinski definition) is 4. The van der Waals surface area contributed by atoms with Gasteiger partial charge in [-0.2, -0.15) is 0 Å². The summed E-state index contributed by atoms with van der Waals surface area (Å²) in [6.07, 6.45) is 0.0411. The Labute approximate surface area is 171 Å². The Kier molecular flexibility index (Phi) is 9.20. The van der Waals surface area contributed by atoms with Crippen molar-refractivity contribution in [1.82, 2.24) is 15.2 Å². The smallest absolute Gasteiger partial charge is 0.193 e. The average Bonchev–Trinajstić information content (AvgIpc) is 2.95. The Hall–Kier alpha value is -1.35. The molecule has 1 unspecified atom stereocenters. The summed E-state index contributed by atoms with van der Waals surface area (Å²) < 4.78 is 5.92. The number of thiazole rings is 1. The van der Waals surface area contributed by atoms with Gasteiger partial charge in [0.1, 0.15) is 11.9 Å². The molecule has 1 heterocycles. The highest BCUT2D eigenvalue weighted by Crippen LogP contribution is 2.13. The fraction of sp³-hybridized carbons (Fsp3) is 0.444. The molecule has 0 radical (unpaired) electrons. The second-order valence-electron chi connectivity index (χ2n) is 5.88. The molecule has 1 atom stereocenters. The molecule has 0 amide bonds. The Bertz CT molecular complexity index is 672. The third kappa shape index (κ3) is 7.19. The molecule has 1 aromatic heterocycles. The number of aryl methyl sites for hydroxylation is 2. The summed E-state index contributed by atoms with van der Waals surface area (Å²) in [4.78, 5) is 10.9. The van der Waals surface area contributed by atoms with E-state index >= 15 is 0 Å². The molecule has 25 heavy (non-hydrogen) atoms. The summed E-state index contributed by atoms with van der Waals surface area (Å²) in [5.41, 5.74) is 2.29. The van der Waals surface area contributed by atoms with E-state index < -0.39 is 0 Å². The van der Waals surface area contributed by atoms with Gasteiger partial charge in [0.15, 0.2) is 5.96 Å². The summed E-state index contributed by atoms with van der Waals surface area (Å²) in [7, 11) is 3.80. The van der Waals surface area contributed by atoms with E-state index in [1.807, 2.05) is 33.0 Å². The fourth-order valence-corrected chi connectivity index (χ4v) is 2.91. The van der Waals surface area contributed by atoms with E-state index in [0.29, 0.717) is 6.54 Å². The lowest BCUT2D eigenvalue weighted by molar-refractivity contribution is 0.222. The maximum atomic E-state index is 5.92. The molecule has 5 nitrogen and oxygen atoms in total. The van der Waals surface area contributed by atoms with Crippen LogP contribution in [0.4, 0.5) is 0 Å². The maximum absolute atomic E-state index is 5.92. The van der Waals surface area contributed by atoms with Crippen molar-refractivity contribution in [2.45, 2.75) is 33.4 Å². The number of guanidine groups is 1. The average molecular weight is 474 g/mol. The number of ether oxygens (including phenoxy) is 1. The van der Waals surface area contributed by atoms with E-state index in [-0.39, 0.29) is 30.1 Å². The molecular formula is C18H27IN4OS. The Morgan fingerprint density at radius 2 is 2.00 bits per heavy atom. The first kappa shape index (κ1) is 21.7. The zero-order valence-corrected chi connectivity index (χ0v) is 18.6. The van der Waals surface area contributed by atoms with Crippen molar-refractivity contribution in [3.8, 4) is 5.75 Å². The van der Waals surface area contributed by atoms with Gasteiger partial charge in [0, 0.05) is 19.5 Å². The zero-order chi connectivity index (χ0) is 17.5. The highest BCUT2D eigenvalue weighted by Gasteiger charge is 2.11. The van der Waals surface area contributed by atoms with Crippen LogP contribution in [0, 0.1) is 13.8 Å². The molecular weight excluding hydrogens is 447 g/mol. The van der Waals surface area contributed by atoms with E-state index in [1.165, 1.54) is 5.56 Å². The van der Waals surface area contributed by atoms with Gasteiger partial charge < -0.3 is 15.0 Å². The summed E-state index contributed by atoms with van der Waals surface area (Å²) in [6, 6.07) is 8.10.